The van der Waals surface area contributed by atoms with Crippen LogP contribution in [0.4, 0.5) is 13.2 Å². The minimum absolute atomic E-state index is 0.0298. The van der Waals surface area contributed by atoms with Crippen molar-refractivity contribution in [1.29, 1.82) is 0 Å². The quantitative estimate of drug-likeness (QED) is 0.918. The number of nitrogens with zero attached hydrogens (tertiary/aromatic N) is 1. The Labute approximate surface area is 90.4 Å². The molecule has 0 unspecified atom stereocenters. The van der Waals surface area contributed by atoms with Gasteiger partial charge < -0.3 is 9.72 Å². The summed E-state index contributed by atoms with van der Waals surface area (Å²) in [4.78, 5) is 5.69. The number of halogens is 4. The van der Waals surface area contributed by atoms with E-state index in [9.17, 15) is 13.2 Å². The molecule has 2 aromatic rings. The molecule has 0 saturated heterocycles. The summed E-state index contributed by atoms with van der Waals surface area (Å²) in [7, 11) is 0. The fourth-order valence-electron chi connectivity index (χ4n) is 1.20. The molecule has 1 heterocycles. The number of imidazole rings is 1. The molecule has 0 spiro atoms. The van der Waals surface area contributed by atoms with E-state index in [0.717, 1.165) is 0 Å². The van der Waals surface area contributed by atoms with Gasteiger partial charge in [0.1, 0.15) is 5.52 Å². The molecule has 7 heteroatoms. The van der Waals surface area contributed by atoms with Gasteiger partial charge in [-0.2, -0.15) is 18.2 Å². The summed E-state index contributed by atoms with van der Waals surface area (Å²) in [6.45, 7) is -2.98. The lowest BCUT2D eigenvalue weighted by molar-refractivity contribution is -0.0494. The molecule has 0 bridgehead atoms. The van der Waals surface area contributed by atoms with Crippen molar-refractivity contribution >= 4 is 27.0 Å². The highest BCUT2D eigenvalue weighted by atomic mass is 79.9. The number of fused-ring (bicyclic) bond motifs is 1. The van der Waals surface area contributed by atoms with E-state index in [-0.39, 0.29) is 11.3 Å². The third-order valence-electron chi connectivity index (χ3n) is 1.74. The molecule has 0 atom stereocenters. The third kappa shape index (κ3) is 1.92. The number of aromatic amines is 1. The summed E-state index contributed by atoms with van der Waals surface area (Å²) in [6, 6.07) is 2.98. The van der Waals surface area contributed by atoms with Crippen LogP contribution in [0.1, 0.15) is 0 Å². The van der Waals surface area contributed by atoms with Gasteiger partial charge in [0.25, 0.3) is 6.08 Å². The number of hydrogen-bond acceptors (Lipinski definition) is 2. The molecular formula is C8H4BrF3N2O. The van der Waals surface area contributed by atoms with E-state index in [1.165, 1.54) is 12.1 Å². The Morgan fingerprint density at radius 3 is 2.80 bits per heavy atom. The summed E-state index contributed by atoms with van der Waals surface area (Å²) in [5.74, 6) is -0.178. The minimum Gasteiger partial charge on any atom is -0.431 e. The van der Waals surface area contributed by atoms with Gasteiger partial charge in [-0.3, -0.25) is 0 Å². The Balaban J connectivity index is 2.62. The maximum Gasteiger partial charge on any atom is 0.387 e. The number of H-pyrrole nitrogens is 1. The van der Waals surface area contributed by atoms with Gasteiger partial charge >= 0.3 is 6.61 Å². The zero-order valence-electron chi connectivity index (χ0n) is 7.10. The average molecular weight is 281 g/mol. The van der Waals surface area contributed by atoms with E-state index < -0.39 is 12.7 Å². The highest BCUT2D eigenvalue weighted by Gasteiger charge is 2.15. The number of hydrogen-bond donors (Lipinski definition) is 1. The van der Waals surface area contributed by atoms with E-state index in [0.29, 0.717) is 9.99 Å². The van der Waals surface area contributed by atoms with Crippen molar-refractivity contribution < 1.29 is 17.9 Å². The van der Waals surface area contributed by atoms with Crippen LogP contribution in [0.15, 0.2) is 16.6 Å². The molecule has 1 aromatic carbocycles. The molecule has 3 nitrogen and oxygen atoms in total. The molecule has 15 heavy (non-hydrogen) atoms. The van der Waals surface area contributed by atoms with Crippen LogP contribution in [0.2, 0.25) is 0 Å². The van der Waals surface area contributed by atoms with E-state index in [2.05, 4.69) is 30.6 Å². The van der Waals surface area contributed by atoms with Crippen LogP contribution in [0.5, 0.6) is 5.75 Å². The molecule has 1 aromatic heterocycles. The molecule has 0 aliphatic rings. The lowest BCUT2D eigenvalue weighted by Gasteiger charge is -2.06. The Morgan fingerprint density at radius 2 is 2.13 bits per heavy atom. The van der Waals surface area contributed by atoms with Crippen LogP contribution in [-0.2, 0) is 0 Å². The number of aromatic nitrogens is 2. The standard InChI is InChI=1S/C8H4BrF3N2O/c9-3-1-2-4-5(14-8(12)13-4)6(3)15-7(10)11/h1-2,7H,(H,13,14). The van der Waals surface area contributed by atoms with Crippen molar-refractivity contribution in [1.82, 2.24) is 9.97 Å². The van der Waals surface area contributed by atoms with Gasteiger partial charge in [-0.05, 0) is 28.1 Å². The maximum absolute atomic E-state index is 12.7. The summed E-state index contributed by atoms with van der Waals surface area (Å²) in [5, 5.41) is 0. The lowest BCUT2D eigenvalue weighted by Crippen LogP contribution is -2.03. The smallest absolute Gasteiger partial charge is 0.387 e. The lowest BCUT2D eigenvalue weighted by atomic mass is 10.3. The largest absolute Gasteiger partial charge is 0.431 e. The van der Waals surface area contributed by atoms with Crippen molar-refractivity contribution in [2.24, 2.45) is 0 Å². The monoisotopic (exact) mass is 280 g/mol. The SMILES string of the molecule is Fc1nc2c(OC(F)F)c(Br)ccc2[nH]1. The Kier molecular flexibility index (Phi) is 2.56. The van der Waals surface area contributed by atoms with Gasteiger partial charge in [-0.25, -0.2) is 0 Å². The van der Waals surface area contributed by atoms with Crippen molar-refractivity contribution in [2.75, 3.05) is 0 Å². The second-order valence-corrected chi connectivity index (χ2v) is 3.53. The van der Waals surface area contributed by atoms with Gasteiger partial charge in [-0.15, -0.1) is 0 Å². The van der Waals surface area contributed by atoms with Gasteiger partial charge in [-0.1, -0.05) is 0 Å². The van der Waals surface area contributed by atoms with Gasteiger partial charge in [0, 0.05) is 0 Å². The normalized spacial score (nSPS) is 11.3. The highest BCUT2D eigenvalue weighted by molar-refractivity contribution is 9.10. The summed E-state index contributed by atoms with van der Waals surface area (Å²) >= 11 is 3.02. The predicted octanol–water partition coefficient (Wildman–Crippen LogP) is 3.07. The second-order valence-electron chi connectivity index (χ2n) is 2.68. The van der Waals surface area contributed by atoms with Crippen LogP contribution in [0.3, 0.4) is 0 Å². The van der Waals surface area contributed by atoms with Crippen molar-refractivity contribution in [3.63, 3.8) is 0 Å². The zero-order chi connectivity index (χ0) is 11.0. The first-order valence-electron chi connectivity index (χ1n) is 3.86. The van der Waals surface area contributed by atoms with E-state index in [1.807, 2.05) is 0 Å². The topological polar surface area (TPSA) is 37.9 Å². The Bertz CT molecular complexity index is 500. The maximum atomic E-state index is 12.7. The van der Waals surface area contributed by atoms with Crippen LogP contribution in [0, 0.1) is 6.08 Å². The summed E-state index contributed by atoms with van der Waals surface area (Å²) < 4.78 is 41.4. The molecule has 0 aliphatic carbocycles. The fraction of sp³-hybridized carbons (Fsp3) is 0.125. The van der Waals surface area contributed by atoms with Crippen molar-refractivity contribution in [3.05, 3.63) is 22.7 Å². The number of benzene rings is 1. The van der Waals surface area contributed by atoms with Crippen LogP contribution < -0.4 is 4.74 Å². The fourth-order valence-corrected chi connectivity index (χ4v) is 1.61. The summed E-state index contributed by atoms with van der Waals surface area (Å²) in [5.41, 5.74) is 0.327. The molecule has 0 aliphatic heterocycles. The van der Waals surface area contributed by atoms with Crippen LogP contribution in [-0.4, -0.2) is 16.6 Å². The van der Waals surface area contributed by atoms with E-state index in [1.54, 1.807) is 0 Å². The molecule has 0 fully saturated rings. The zero-order valence-corrected chi connectivity index (χ0v) is 8.69. The number of nitrogens with one attached hydrogen (secondary N) is 1. The molecular weight excluding hydrogens is 277 g/mol. The van der Waals surface area contributed by atoms with Gasteiger partial charge in [0.15, 0.2) is 5.75 Å². The molecule has 80 valence electrons. The summed E-state index contributed by atoms with van der Waals surface area (Å²) in [6.07, 6.45) is -0.845. The second kappa shape index (κ2) is 3.73. The highest BCUT2D eigenvalue weighted by Crippen LogP contribution is 2.33. The average Bonchev–Trinajstić information content (AvgIpc) is 2.51. The molecule has 0 amide bonds. The van der Waals surface area contributed by atoms with Crippen molar-refractivity contribution in [2.45, 2.75) is 6.61 Å². The van der Waals surface area contributed by atoms with Crippen LogP contribution in [0.25, 0.3) is 11.0 Å². The number of alkyl halides is 2. The Morgan fingerprint density at radius 1 is 1.40 bits per heavy atom. The van der Waals surface area contributed by atoms with E-state index >= 15 is 0 Å². The molecule has 1 N–H and O–H groups in total. The first kappa shape index (κ1) is 10.3. The first-order valence-corrected chi connectivity index (χ1v) is 4.66. The Hall–Kier alpha value is -1.24. The molecule has 2 rings (SSSR count). The first-order chi connectivity index (χ1) is 7.08. The molecule has 0 saturated carbocycles. The molecule has 0 radical (unpaired) electrons. The van der Waals surface area contributed by atoms with Gasteiger partial charge in [0.2, 0.25) is 0 Å². The van der Waals surface area contributed by atoms with Gasteiger partial charge in [0.05, 0.1) is 9.99 Å². The number of rotatable bonds is 2. The predicted molar refractivity (Wildman–Crippen MR) is 50.4 cm³/mol. The number of ether oxygens (including phenoxy) is 1. The van der Waals surface area contributed by atoms with Crippen molar-refractivity contribution in [3.8, 4) is 5.75 Å². The minimum atomic E-state index is -2.98. The van der Waals surface area contributed by atoms with E-state index in [4.69, 9.17) is 0 Å². The van der Waals surface area contributed by atoms with Crippen LogP contribution >= 0.6 is 15.9 Å². The third-order valence-corrected chi connectivity index (χ3v) is 2.36.